The molecule has 1 saturated carbocycles. The molecule has 0 radical (unpaired) electrons. The van der Waals surface area contributed by atoms with Crippen LogP contribution in [0, 0.1) is 5.92 Å². The summed E-state index contributed by atoms with van der Waals surface area (Å²) in [7, 11) is 0. The van der Waals surface area contributed by atoms with E-state index >= 15 is 0 Å². The number of nitrogens with zero attached hydrogens (tertiary/aromatic N) is 1. The van der Waals surface area contributed by atoms with Gasteiger partial charge in [0.05, 0.1) is 0 Å². The lowest BCUT2D eigenvalue weighted by Crippen LogP contribution is -2.51. The Bertz CT molecular complexity index is 277. The fraction of sp³-hybridized carbons (Fsp3) is 0.833. The minimum Gasteiger partial charge on any atom is -0.480 e. The van der Waals surface area contributed by atoms with Crippen LogP contribution in [0.3, 0.4) is 0 Å². The molecular weight excluding hydrogens is 206 g/mol. The Morgan fingerprint density at radius 3 is 2.31 bits per heavy atom. The lowest BCUT2D eigenvalue weighted by atomic mass is 9.84. The molecule has 0 aliphatic heterocycles. The Hall–Kier alpha value is -1.06. The summed E-state index contributed by atoms with van der Waals surface area (Å²) in [5.74, 6) is -0.652. The molecule has 0 spiro atoms. The Morgan fingerprint density at radius 1 is 1.31 bits per heavy atom. The van der Waals surface area contributed by atoms with Gasteiger partial charge in [-0.05, 0) is 25.7 Å². The first-order valence-corrected chi connectivity index (χ1v) is 5.97. The topological polar surface area (TPSA) is 57.6 Å². The Balaban J connectivity index is 2.83. The first-order valence-electron chi connectivity index (χ1n) is 5.97. The van der Waals surface area contributed by atoms with E-state index in [0.29, 0.717) is 5.92 Å². The van der Waals surface area contributed by atoms with E-state index < -0.39 is 12.0 Å². The number of carbonyl (C=O) groups excluding carboxylic acids is 1. The van der Waals surface area contributed by atoms with E-state index in [2.05, 4.69) is 6.92 Å². The molecule has 0 aromatic carbocycles. The highest BCUT2D eigenvalue weighted by Crippen LogP contribution is 2.29. The Kier molecular flexibility index (Phi) is 4.33. The number of aliphatic carboxylic acids is 1. The van der Waals surface area contributed by atoms with Crippen molar-refractivity contribution >= 4 is 11.9 Å². The fourth-order valence-corrected chi connectivity index (χ4v) is 2.62. The first kappa shape index (κ1) is 13.0. The van der Waals surface area contributed by atoms with Crippen molar-refractivity contribution < 1.29 is 14.7 Å². The normalized spacial score (nSPS) is 27.2. The van der Waals surface area contributed by atoms with Crippen LogP contribution in [-0.4, -0.2) is 34.0 Å². The largest absolute Gasteiger partial charge is 0.480 e. The van der Waals surface area contributed by atoms with E-state index in [-0.39, 0.29) is 11.9 Å². The van der Waals surface area contributed by atoms with Gasteiger partial charge in [0.25, 0.3) is 0 Å². The SMILES string of the molecule is CC(=O)N([C@@H](C)C(=O)O)[C@H]1CCCC[C@H]1C. The van der Waals surface area contributed by atoms with E-state index in [9.17, 15) is 9.59 Å². The molecule has 0 saturated heterocycles. The second kappa shape index (κ2) is 5.32. The van der Waals surface area contributed by atoms with Gasteiger partial charge in [-0.15, -0.1) is 0 Å². The molecule has 1 N–H and O–H groups in total. The quantitative estimate of drug-likeness (QED) is 0.801. The number of rotatable bonds is 3. The fourth-order valence-electron chi connectivity index (χ4n) is 2.62. The van der Waals surface area contributed by atoms with E-state index in [4.69, 9.17) is 5.11 Å². The lowest BCUT2D eigenvalue weighted by Gasteiger charge is -2.40. The maximum atomic E-state index is 11.6. The third-order valence-electron chi connectivity index (χ3n) is 3.56. The second-order valence-electron chi connectivity index (χ2n) is 4.77. The van der Waals surface area contributed by atoms with Gasteiger partial charge in [-0.2, -0.15) is 0 Å². The summed E-state index contributed by atoms with van der Waals surface area (Å²) in [5, 5.41) is 9.02. The molecule has 1 amide bonds. The molecule has 1 fully saturated rings. The Labute approximate surface area is 96.6 Å². The van der Waals surface area contributed by atoms with Gasteiger partial charge in [0, 0.05) is 13.0 Å². The van der Waals surface area contributed by atoms with Crippen molar-refractivity contribution in [1.82, 2.24) is 4.90 Å². The van der Waals surface area contributed by atoms with Gasteiger partial charge < -0.3 is 10.0 Å². The van der Waals surface area contributed by atoms with Gasteiger partial charge in [-0.3, -0.25) is 4.79 Å². The third kappa shape index (κ3) is 2.74. The molecule has 0 aromatic rings. The highest BCUT2D eigenvalue weighted by molar-refractivity contribution is 5.82. The van der Waals surface area contributed by atoms with Crippen molar-refractivity contribution in [3.63, 3.8) is 0 Å². The molecule has 4 heteroatoms. The molecule has 92 valence electrons. The molecule has 16 heavy (non-hydrogen) atoms. The van der Waals surface area contributed by atoms with Crippen molar-refractivity contribution in [2.24, 2.45) is 5.92 Å². The molecule has 0 unspecified atom stereocenters. The predicted octanol–water partition coefficient (Wildman–Crippen LogP) is 1.89. The molecule has 0 aromatic heterocycles. The number of carbonyl (C=O) groups is 2. The average Bonchev–Trinajstić information content (AvgIpc) is 2.20. The molecule has 0 bridgehead atoms. The van der Waals surface area contributed by atoms with E-state index in [1.165, 1.54) is 13.3 Å². The standard InChI is InChI=1S/C12H21NO3/c1-8-6-4-5-7-11(8)13(10(3)14)9(2)12(15)16/h8-9,11H,4-7H2,1-3H3,(H,15,16)/t8-,9+,11+/m1/s1. The van der Waals surface area contributed by atoms with Gasteiger partial charge >= 0.3 is 5.97 Å². The van der Waals surface area contributed by atoms with Crippen molar-refractivity contribution in [2.45, 2.75) is 58.5 Å². The zero-order chi connectivity index (χ0) is 12.3. The van der Waals surface area contributed by atoms with Gasteiger partial charge in [-0.25, -0.2) is 4.79 Å². The van der Waals surface area contributed by atoms with Crippen LogP contribution in [0.5, 0.6) is 0 Å². The van der Waals surface area contributed by atoms with Crippen LogP contribution in [0.25, 0.3) is 0 Å². The van der Waals surface area contributed by atoms with Crippen molar-refractivity contribution in [3.05, 3.63) is 0 Å². The number of hydrogen-bond donors (Lipinski definition) is 1. The van der Waals surface area contributed by atoms with Gasteiger partial charge in [-0.1, -0.05) is 19.8 Å². The van der Waals surface area contributed by atoms with Gasteiger partial charge in [0.15, 0.2) is 0 Å². The van der Waals surface area contributed by atoms with Crippen molar-refractivity contribution in [1.29, 1.82) is 0 Å². The zero-order valence-corrected chi connectivity index (χ0v) is 10.3. The molecule has 3 atom stereocenters. The third-order valence-corrected chi connectivity index (χ3v) is 3.56. The highest BCUT2D eigenvalue weighted by Gasteiger charge is 2.34. The molecular formula is C12H21NO3. The van der Waals surface area contributed by atoms with Crippen LogP contribution in [0.4, 0.5) is 0 Å². The van der Waals surface area contributed by atoms with Crippen LogP contribution >= 0.6 is 0 Å². The monoisotopic (exact) mass is 227 g/mol. The maximum absolute atomic E-state index is 11.6. The number of carboxylic acid groups (broad SMARTS) is 1. The number of hydrogen-bond acceptors (Lipinski definition) is 2. The maximum Gasteiger partial charge on any atom is 0.326 e. The molecule has 1 rings (SSSR count). The van der Waals surface area contributed by atoms with Crippen LogP contribution < -0.4 is 0 Å². The van der Waals surface area contributed by atoms with Gasteiger partial charge in [0.1, 0.15) is 6.04 Å². The minimum absolute atomic E-state index is 0.0948. The summed E-state index contributed by atoms with van der Waals surface area (Å²) in [6.45, 7) is 5.15. The lowest BCUT2D eigenvalue weighted by molar-refractivity contribution is -0.152. The highest BCUT2D eigenvalue weighted by atomic mass is 16.4. The van der Waals surface area contributed by atoms with Crippen LogP contribution in [0.2, 0.25) is 0 Å². The summed E-state index contributed by atoms with van der Waals surface area (Å²) in [6.07, 6.45) is 4.29. The van der Waals surface area contributed by atoms with Crippen molar-refractivity contribution in [2.75, 3.05) is 0 Å². The minimum atomic E-state index is -0.923. The molecule has 1 aliphatic rings. The molecule has 0 heterocycles. The van der Waals surface area contributed by atoms with Crippen molar-refractivity contribution in [3.8, 4) is 0 Å². The summed E-state index contributed by atoms with van der Waals surface area (Å²) < 4.78 is 0. The Morgan fingerprint density at radius 2 is 1.88 bits per heavy atom. The second-order valence-corrected chi connectivity index (χ2v) is 4.77. The smallest absolute Gasteiger partial charge is 0.326 e. The van der Waals surface area contributed by atoms with Crippen LogP contribution in [0.15, 0.2) is 0 Å². The number of amides is 1. The van der Waals surface area contributed by atoms with E-state index in [1.807, 2.05) is 0 Å². The van der Waals surface area contributed by atoms with Crippen LogP contribution in [0.1, 0.15) is 46.5 Å². The summed E-state index contributed by atoms with van der Waals surface area (Å²) in [5.41, 5.74) is 0. The average molecular weight is 227 g/mol. The van der Waals surface area contributed by atoms with E-state index in [1.54, 1.807) is 11.8 Å². The summed E-state index contributed by atoms with van der Waals surface area (Å²) in [6, 6.07) is -0.625. The number of carboxylic acids is 1. The molecule has 1 aliphatic carbocycles. The first-order chi connectivity index (χ1) is 7.45. The summed E-state index contributed by atoms with van der Waals surface area (Å²) >= 11 is 0. The summed E-state index contributed by atoms with van der Waals surface area (Å²) in [4.78, 5) is 24.1. The van der Waals surface area contributed by atoms with Gasteiger partial charge in [0.2, 0.25) is 5.91 Å². The van der Waals surface area contributed by atoms with Crippen LogP contribution in [-0.2, 0) is 9.59 Å². The molecule has 4 nitrogen and oxygen atoms in total. The zero-order valence-electron chi connectivity index (χ0n) is 10.3. The van der Waals surface area contributed by atoms with E-state index in [0.717, 1.165) is 19.3 Å². The predicted molar refractivity (Wildman–Crippen MR) is 61.0 cm³/mol.